The van der Waals surface area contributed by atoms with E-state index in [0.29, 0.717) is 5.56 Å². The van der Waals surface area contributed by atoms with Crippen molar-refractivity contribution in [1.82, 2.24) is 4.98 Å². The second-order valence-corrected chi connectivity index (χ2v) is 4.27. The van der Waals surface area contributed by atoms with Crippen LogP contribution in [0.4, 0.5) is 14.5 Å². The number of carbonyl (C=O) groups excluding carboxylic acids is 1. The van der Waals surface area contributed by atoms with Gasteiger partial charge in [0, 0.05) is 5.69 Å². The third kappa shape index (κ3) is 3.06. The predicted octanol–water partition coefficient (Wildman–Crippen LogP) is 3.57. The number of hydrogen-bond donors (Lipinski definition) is 1. The second kappa shape index (κ2) is 5.32. The van der Waals surface area contributed by atoms with Crippen LogP contribution >= 0.6 is 11.6 Å². The van der Waals surface area contributed by atoms with Gasteiger partial charge in [-0.1, -0.05) is 17.7 Å². The molecule has 1 heterocycles. The zero-order valence-electron chi connectivity index (χ0n) is 9.88. The number of nitrogens with zero attached hydrogens (tertiary/aromatic N) is 1. The fourth-order valence-corrected chi connectivity index (χ4v) is 1.64. The first kappa shape index (κ1) is 13.4. The number of rotatable bonds is 2. The maximum Gasteiger partial charge on any atom is 0.258 e. The van der Waals surface area contributed by atoms with Gasteiger partial charge in [-0.05, 0) is 30.7 Å². The van der Waals surface area contributed by atoms with Crippen LogP contribution in [0.3, 0.4) is 0 Å². The fourth-order valence-electron chi connectivity index (χ4n) is 1.45. The molecular weight excluding hydrogens is 274 g/mol. The van der Waals surface area contributed by atoms with Crippen molar-refractivity contribution in [3.8, 4) is 0 Å². The third-order valence-corrected chi connectivity index (χ3v) is 2.78. The van der Waals surface area contributed by atoms with E-state index in [1.165, 1.54) is 18.2 Å². The maximum absolute atomic E-state index is 13.3. The highest BCUT2D eigenvalue weighted by molar-refractivity contribution is 6.33. The Hall–Kier alpha value is -2.01. The molecule has 0 aliphatic rings. The van der Waals surface area contributed by atoms with Crippen molar-refractivity contribution in [3.63, 3.8) is 0 Å². The molecule has 0 saturated heterocycles. The lowest BCUT2D eigenvalue weighted by molar-refractivity contribution is 0.102. The lowest BCUT2D eigenvalue weighted by Crippen LogP contribution is -2.13. The van der Waals surface area contributed by atoms with E-state index < -0.39 is 17.5 Å². The molecule has 1 N–H and O–H groups in total. The minimum Gasteiger partial charge on any atom is -0.322 e. The summed E-state index contributed by atoms with van der Waals surface area (Å²) in [6.07, 6.45) is 0.907. The molecule has 1 aromatic heterocycles. The highest BCUT2D eigenvalue weighted by atomic mass is 35.5. The van der Waals surface area contributed by atoms with Crippen molar-refractivity contribution in [1.29, 1.82) is 0 Å². The normalized spacial score (nSPS) is 10.3. The number of aryl methyl sites for hydroxylation is 1. The molecule has 19 heavy (non-hydrogen) atoms. The third-order valence-electron chi connectivity index (χ3n) is 2.48. The topological polar surface area (TPSA) is 42.0 Å². The van der Waals surface area contributed by atoms with Gasteiger partial charge in [0.2, 0.25) is 0 Å². The van der Waals surface area contributed by atoms with Crippen LogP contribution in [-0.4, -0.2) is 10.9 Å². The number of amides is 1. The summed E-state index contributed by atoms with van der Waals surface area (Å²) < 4.78 is 26.3. The van der Waals surface area contributed by atoms with Crippen LogP contribution in [0.2, 0.25) is 5.15 Å². The standard InChI is InChI=1S/C13H9ClF2N2O/c1-7-2-3-9(5-11(7)16)18-13(19)10-4-8(15)6-17-12(10)14/h2-6H,1H3,(H,18,19). The average Bonchev–Trinajstić information content (AvgIpc) is 2.36. The van der Waals surface area contributed by atoms with E-state index >= 15 is 0 Å². The zero-order valence-corrected chi connectivity index (χ0v) is 10.6. The van der Waals surface area contributed by atoms with Crippen molar-refractivity contribution in [2.75, 3.05) is 5.32 Å². The Balaban J connectivity index is 2.25. The minimum atomic E-state index is -0.676. The summed E-state index contributed by atoms with van der Waals surface area (Å²) in [4.78, 5) is 15.4. The Morgan fingerprint density at radius 1 is 1.32 bits per heavy atom. The Labute approximate surface area is 113 Å². The molecule has 1 aromatic carbocycles. The van der Waals surface area contributed by atoms with E-state index in [0.717, 1.165) is 12.3 Å². The number of carbonyl (C=O) groups is 1. The van der Waals surface area contributed by atoms with Gasteiger partial charge >= 0.3 is 0 Å². The van der Waals surface area contributed by atoms with Gasteiger partial charge in [-0.3, -0.25) is 4.79 Å². The molecule has 98 valence electrons. The van der Waals surface area contributed by atoms with E-state index in [1.54, 1.807) is 6.92 Å². The van der Waals surface area contributed by atoms with Crippen LogP contribution in [0, 0.1) is 18.6 Å². The van der Waals surface area contributed by atoms with Crippen LogP contribution in [-0.2, 0) is 0 Å². The van der Waals surface area contributed by atoms with Gasteiger partial charge < -0.3 is 5.32 Å². The van der Waals surface area contributed by atoms with Crippen LogP contribution in [0.1, 0.15) is 15.9 Å². The molecule has 0 unspecified atom stereocenters. The summed E-state index contributed by atoms with van der Waals surface area (Å²) >= 11 is 5.70. The van der Waals surface area contributed by atoms with Crippen LogP contribution < -0.4 is 5.32 Å². The lowest BCUT2D eigenvalue weighted by atomic mass is 10.2. The molecule has 3 nitrogen and oxygen atoms in total. The maximum atomic E-state index is 13.3. The monoisotopic (exact) mass is 282 g/mol. The number of nitrogens with one attached hydrogen (secondary N) is 1. The van der Waals surface area contributed by atoms with Crippen molar-refractivity contribution in [2.45, 2.75) is 6.92 Å². The first-order valence-corrected chi connectivity index (χ1v) is 5.73. The SMILES string of the molecule is Cc1ccc(NC(=O)c2cc(F)cnc2Cl)cc1F. The molecule has 0 aliphatic carbocycles. The summed E-state index contributed by atoms with van der Waals surface area (Å²) in [5, 5.41) is 2.31. The Morgan fingerprint density at radius 2 is 2.05 bits per heavy atom. The average molecular weight is 283 g/mol. The van der Waals surface area contributed by atoms with E-state index in [1.807, 2.05) is 0 Å². The van der Waals surface area contributed by atoms with Gasteiger partial charge in [-0.15, -0.1) is 0 Å². The van der Waals surface area contributed by atoms with E-state index in [9.17, 15) is 13.6 Å². The highest BCUT2D eigenvalue weighted by Crippen LogP contribution is 2.18. The number of aromatic nitrogens is 1. The van der Waals surface area contributed by atoms with Crippen molar-refractivity contribution < 1.29 is 13.6 Å². The molecule has 0 atom stereocenters. The molecule has 1 amide bonds. The van der Waals surface area contributed by atoms with Gasteiger partial charge in [-0.2, -0.15) is 0 Å². The van der Waals surface area contributed by atoms with Gasteiger partial charge in [0.25, 0.3) is 5.91 Å². The molecule has 0 spiro atoms. The van der Waals surface area contributed by atoms with Crippen LogP contribution in [0.5, 0.6) is 0 Å². The summed E-state index contributed by atoms with van der Waals surface area (Å²) in [6, 6.07) is 5.20. The molecule has 0 radical (unpaired) electrons. The van der Waals surface area contributed by atoms with E-state index in [-0.39, 0.29) is 16.4 Å². The van der Waals surface area contributed by atoms with E-state index in [2.05, 4.69) is 10.3 Å². The smallest absolute Gasteiger partial charge is 0.258 e. The van der Waals surface area contributed by atoms with E-state index in [4.69, 9.17) is 11.6 Å². The molecule has 0 aliphatic heterocycles. The van der Waals surface area contributed by atoms with Crippen molar-refractivity contribution in [3.05, 3.63) is 58.4 Å². The van der Waals surface area contributed by atoms with Gasteiger partial charge in [-0.25, -0.2) is 13.8 Å². The second-order valence-electron chi connectivity index (χ2n) is 3.91. The highest BCUT2D eigenvalue weighted by Gasteiger charge is 2.13. The molecule has 2 rings (SSSR count). The Kier molecular flexibility index (Phi) is 3.76. The molecule has 0 fully saturated rings. The van der Waals surface area contributed by atoms with Crippen molar-refractivity contribution in [2.24, 2.45) is 0 Å². The number of benzene rings is 1. The number of halogens is 3. The molecular formula is C13H9ClF2N2O. The zero-order chi connectivity index (χ0) is 14.0. The largest absolute Gasteiger partial charge is 0.322 e. The lowest BCUT2D eigenvalue weighted by Gasteiger charge is -2.07. The number of anilines is 1. The first-order valence-electron chi connectivity index (χ1n) is 5.36. The Morgan fingerprint density at radius 3 is 2.74 bits per heavy atom. The predicted molar refractivity (Wildman–Crippen MR) is 68.3 cm³/mol. The quantitative estimate of drug-likeness (QED) is 0.856. The first-order chi connectivity index (χ1) is 8.97. The summed E-state index contributed by atoms with van der Waals surface area (Å²) in [5.74, 6) is -1.77. The van der Waals surface area contributed by atoms with Crippen LogP contribution in [0.25, 0.3) is 0 Å². The van der Waals surface area contributed by atoms with Gasteiger partial charge in [0.05, 0.1) is 11.8 Å². The number of pyridine rings is 1. The fraction of sp³-hybridized carbons (Fsp3) is 0.0769. The van der Waals surface area contributed by atoms with Gasteiger partial charge in [0.1, 0.15) is 16.8 Å². The summed E-state index contributed by atoms with van der Waals surface area (Å²) in [5.41, 5.74) is 0.611. The Bertz CT molecular complexity index is 647. The molecule has 0 saturated carbocycles. The summed E-state index contributed by atoms with van der Waals surface area (Å²) in [6.45, 7) is 1.61. The number of hydrogen-bond acceptors (Lipinski definition) is 2. The van der Waals surface area contributed by atoms with Crippen molar-refractivity contribution >= 4 is 23.2 Å². The summed E-state index contributed by atoms with van der Waals surface area (Å²) in [7, 11) is 0. The molecule has 0 bridgehead atoms. The molecule has 2 aromatic rings. The molecule has 6 heteroatoms. The van der Waals surface area contributed by atoms with Crippen LogP contribution in [0.15, 0.2) is 30.5 Å². The minimum absolute atomic E-state index is 0.109. The van der Waals surface area contributed by atoms with Gasteiger partial charge in [0.15, 0.2) is 0 Å².